The molecule has 0 aliphatic heterocycles. The third kappa shape index (κ3) is 24.1. The van der Waals surface area contributed by atoms with Crippen molar-refractivity contribution in [2.45, 2.75) is 130 Å². The summed E-state index contributed by atoms with van der Waals surface area (Å²) < 4.78 is 24.4. The molecule has 0 saturated heterocycles. The predicted octanol–water partition coefficient (Wildman–Crippen LogP) is 9.56. The highest BCUT2D eigenvalue weighted by Crippen LogP contribution is 2.48. The summed E-state index contributed by atoms with van der Waals surface area (Å²) in [6.07, 6.45) is 24.1. The van der Waals surface area contributed by atoms with Gasteiger partial charge in [0.25, 0.3) is 0 Å². The van der Waals surface area contributed by atoms with E-state index < -0.39 is 7.60 Å². The standard InChI is InChI=1S/C27H59NO3P.BrH/c1-6-9-10-11-12-13-14-15-16-17-18-19-20-21-22-23-25-28(4,5)26-24-27-32(29,30-7-2)31-8-3;/h6-27H2,1-5H3;1H/q+1;. The van der Waals surface area contributed by atoms with Gasteiger partial charge in [-0.2, -0.15) is 0 Å². The molecule has 0 atom stereocenters. The van der Waals surface area contributed by atoms with Crippen LogP contribution in [0.5, 0.6) is 0 Å². The van der Waals surface area contributed by atoms with Crippen molar-refractivity contribution in [1.29, 1.82) is 0 Å². The molecule has 4 nitrogen and oxygen atoms in total. The third-order valence-corrected chi connectivity index (χ3v) is 8.63. The maximum atomic E-state index is 12.6. The van der Waals surface area contributed by atoms with Gasteiger partial charge in [-0.3, -0.25) is 4.57 Å². The molecule has 0 fully saturated rings. The molecular weight excluding hydrogens is 497 g/mol. The average molecular weight is 558 g/mol. The van der Waals surface area contributed by atoms with Crippen LogP contribution in [0.2, 0.25) is 0 Å². The molecule has 0 spiro atoms. The molecule has 0 aliphatic carbocycles. The fourth-order valence-corrected chi connectivity index (χ4v) is 6.10. The minimum Gasteiger partial charge on any atom is -0.328 e. The summed E-state index contributed by atoms with van der Waals surface area (Å²) >= 11 is 0. The predicted molar refractivity (Wildman–Crippen MR) is 152 cm³/mol. The molecule has 6 heteroatoms. The SMILES string of the molecule is Br.CCCCCCCCCCCCCCCCCC[N+](C)(C)CCCP(=O)(OCC)OCC. The van der Waals surface area contributed by atoms with Crippen LogP contribution < -0.4 is 0 Å². The Morgan fingerprint density at radius 2 is 0.879 bits per heavy atom. The number of hydrogen-bond acceptors (Lipinski definition) is 3. The Kier molecular flexibility index (Phi) is 26.3. The number of unbranched alkanes of at least 4 members (excludes halogenated alkanes) is 15. The van der Waals surface area contributed by atoms with Crippen LogP contribution >= 0.6 is 24.6 Å². The van der Waals surface area contributed by atoms with Crippen molar-refractivity contribution in [2.75, 3.05) is 46.6 Å². The van der Waals surface area contributed by atoms with E-state index in [9.17, 15) is 4.57 Å². The minimum absolute atomic E-state index is 0. The van der Waals surface area contributed by atoms with Crippen LogP contribution in [0, 0.1) is 0 Å². The maximum Gasteiger partial charge on any atom is 0.330 e. The molecule has 0 aliphatic rings. The first-order valence-corrected chi connectivity index (χ1v) is 15.8. The van der Waals surface area contributed by atoms with Gasteiger partial charge in [0.05, 0.1) is 46.6 Å². The van der Waals surface area contributed by atoms with Gasteiger partial charge in [0, 0.05) is 6.42 Å². The Morgan fingerprint density at radius 3 is 1.24 bits per heavy atom. The molecule has 0 saturated carbocycles. The molecule has 0 aromatic rings. The van der Waals surface area contributed by atoms with Crippen molar-refractivity contribution < 1.29 is 18.1 Å². The van der Waals surface area contributed by atoms with Gasteiger partial charge in [0.1, 0.15) is 0 Å². The zero-order valence-corrected chi connectivity index (χ0v) is 25.7. The topological polar surface area (TPSA) is 35.5 Å². The van der Waals surface area contributed by atoms with Gasteiger partial charge in [-0.1, -0.05) is 96.8 Å². The molecule has 0 heterocycles. The maximum absolute atomic E-state index is 12.6. The van der Waals surface area contributed by atoms with Crippen molar-refractivity contribution >= 4 is 24.6 Å². The summed E-state index contributed by atoms with van der Waals surface area (Å²) in [7, 11) is 1.70. The van der Waals surface area contributed by atoms with Gasteiger partial charge in [0.15, 0.2) is 0 Å². The second kappa shape index (κ2) is 24.3. The molecule has 33 heavy (non-hydrogen) atoms. The Labute approximate surface area is 218 Å². The first-order chi connectivity index (χ1) is 15.4. The van der Waals surface area contributed by atoms with Crippen LogP contribution in [0.3, 0.4) is 0 Å². The van der Waals surface area contributed by atoms with Gasteiger partial charge in [-0.15, -0.1) is 17.0 Å². The first kappa shape index (κ1) is 35.8. The van der Waals surface area contributed by atoms with Crippen molar-refractivity contribution in [2.24, 2.45) is 0 Å². The molecule has 0 bridgehead atoms. The van der Waals surface area contributed by atoms with E-state index in [1.807, 2.05) is 13.8 Å². The smallest absolute Gasteiger partial charge is 0.328 e. The molecule has 202 valence electrons. The van der Waals surface area contributed by atoms with E-state index in [4.69, 9.17) is 9.05 Å². The lowest BCUT2D eigenvalue weighted by Crippen LogP contribution is -2.41. The largest absolute Gasteiger partial charge is 0.330 e. The van der Waals surface area contributed by atoms with E-state index in [-0.39, 0.29) is 17.0 Å². The van der Waals surface area contributed by atoms with E-state index in [1.165, 1.54) is 109 Å². The van der Waals surface area contributed by atoms with Crippen LogP contribution in [-0.4, -0.2) is 51.0 Å². The fraction of sp³-hybridized carbons (Fsp3) is 1.00. The number of hydrogen-bond donors (Lipinski definition) is 0. The van der Waals surface area contributed by atoms with Gasteiger partial charge in [-0.25, -0.2) is 0 Å². The van der Waals surface area contributed by atoms with E-state index in [2.05, 4.69) is 21.0 Å². The second-order valence-corrected chi connectivity index (χ2v) is 12.4. The van der Waals surface area contributed by atoms with Gasteiger partial charge in [0.2, 0.25) is 0 Å². The van der Waals surface area contributed by atoms with Crippen LogP contribution in [-0.2, 0) is 13.6 Å². The highest BCUT2D eigenvalue weighted by atomic mass is 79.9. The Bertz CT molecular complexity index is 439. The number of halogens is 1. The summed E-state index contributed by atoms with van der Waals surface area (Å²) in [6, 6.07) is 0. The summed E-state index contributed by atoms with van der Waals surface area (Å²) in [5, 5.41) is 0. The van der Waals surface area contributed by atoms with Crippen LogP contribution in [0.4, 0.5) is 0 Å². The quantitative estimate of drug-likeness (QED) is 0.0637. The van der Waals surface area contributed by atoms with E-state index in [0.717, 1.165) is 17.4 Å². The molecule has 0 amide bonds. The molecule has 0 N–H and O–H groups in total. The Morgan fingerprint density at radius 1 is 0.545 bits per heavy atom. The molecule has 0 aromatic heterocycles. The number of quaternary nitrogens is 1. The van der Waals surface area contributed by atoms with Crippen LogP contribution in [0.1, 0.15) is 130 Å². The van der Waals surface area contributed by atoms with Crippen molar-refractivity contribution in [3.63, 3.8) is 0 Å². The summed E-state index contributed by atoms with van der Waals surface area (Å²) in [5.74, 6) is 0. The van der Waals surface area contributed by atoms with Crippen LogP contribution in [0.25, 0.3) is 0 Å². The monoisotopic (exact) mass is 556 g/mol. The summed E-state index contributed by atoms with van der Waals surface area (Å²) in [6.45, 7) is 9.18. The second-order valence-electron chi connectivity index (χ2n) is 10.2. The third-order valence-electron chi connectivity index (χ3n) is 6.46. The average Bonchev–Trinajstić information content (AvgIpc) is 2.73. The van der Waals surface area contributed by atoms with E-state index >= 15 is 0 Å². The van der Waals surface area contributed by atoms with E-state index in [0.29, 0.717) is 19.4 Å². The van der Waals surface area contributed by atoms with Gasteiger partial charge in [-0.05, 0) is 26.7 Å². The molecule has 0 unspecified atom stereocenters. The zero-order chi connectivity index (χ0) is 24.0. The zero-order valence-electron chi connectivity index (χ0n) is 23.1. The fourth-order valence-electron chi connectivity index (χ4n) is 4.45. The molecular formula is C27H60BrNO3P+. The highest BCUT2D eigenvalue weighted by Gasteiger charge is 2.25. The lowest BCUT2D eigenvalue weighted by molar-refractivity contribution is -0.890. The summed E-state index contributed by atoms with van der Waals surface area (Å²) in [5.41, 5.74) is 0. The van der Waals surface area contributed by atoms with Crippen molar-refractivity contribution in [3.05, 3.63) is 0 Å². The number of rotatable bonds is 25. The van der Waals surface area contributed by atoms with Crippen molar-refractivity contribution in [1.82, 2.24) is 0 Å². The van der Waals surface area contributed by atoms with Crippen LogP contribution in [0.15, 0.2) is 0 Å². The minimum atomic E-state index is -2.88. The van der Waals surface area contributed by atoms with Gasteiger partial charge >= 0.3 is 7.60 Å². The van der Waals surface area contributed by atoms with E-state index in [1.54, 1.807) is 0 Å². The lowest BCUT2D eigenvalue weighted by Gasteiger charge is -2.30. The molecule has 0 radical (unpaired) electrons. The highest BCUT2D eigenvalue weighted by molar-refractivity contribution is 8.93. The normalized spacial score (nSPS) is 12.2. The van der Waals surface area contributed by atoms with Crippen molar-refractivity contribution in [3.8, 4) is 0 Å². The number of nitrogens with zero attached hydrogens (tertiary/aromatic N) is 1. The summed E-state index contributed by atoms with van der Waals surface area (Å²) in [4.78, 5) is 0. The Balaban J connectivity index is 0. The molecule has 0 rings (SSSR count). The molecule has 0 aromatic carbocycles. The first-order valence-electron chi connectivity index (χ1n) is 14.1. The van der Waals surface area contributed by atoms with Gasteiger partial charge < -0.3 is 13.5 Å². The lowest BCUT2D eigenvalue weighted by atomic mass is 10.0. The Hall–Kier alpha value is 0.590.